The Kier molecular flexibility index (Phi) is 4.50. The topological polar surface area (TPSA) is 15.6 Å². The van der Waals surface area contributed by atoms with Crippen LogP contribution in [-0.4, -0.2) is 18.2 Å². The fraction of sp³-hybridized carbons (Fsp3) is 0.286. The lowest BCUT2D eigenvalue weighted by atomic mass is 10.7. The highest BCUT2D eigenvalue weighted by molar-refractivity contribution is 5.54. The van der Waals surface area contributed by atoms with Crippen LogP contribution in [0.15, 0.2) is 30.2 Å². The molecule has 2 nitrogen and oxygen atoms in total. The number of aliphatic imine (C=N–C) groups is 1. The summed E-state index contributed by atoms with van der Waals surface area (Å²) >= 11 is 0. The average Bonchev–Trinajstić information content (AvgIpc) is 1.89. The first-order valence-electron chi connectivity index (χ1n) is 2.80. The lowest BCUT2D eigenvalue weighted by Gasteiger charge is -2.02. The maximum atomic E-state index is 3.86. The van der Waals surface area contributed by atoms with E-state index in [0.717, 1.165) is 0 Å². The zero-order chi connectivity index (χ0) is 7.11. The molecule has 0 aromatic heterocycles. The summed E-state index contributed by atoms with van der Waals surface area (Å²) < 4.78 is 0. The number of nitrogens with zero attached hydrogens (tertiary/aromatic N) is 2. The van der Waals surface area contributed by atoms with Crippen LogP contribution in [0.5, 0.6) is 0 Å². The van der Waals surface area contributed by atoms with Gasteiger partial charge < -0.3 is 4.90 Å². The summed E-state index contributed by atoms with van der Waals surface area (Å²) in [5.74, 6) is 0. The van der Waals surface area contributed by atoms with Gasteiger partial charge in [0.2, 0.25) is 0 Å². The minimum Gasteiger partial charge on any atom is -0.356 e. The molecule has 50 valence electrons. The summed E-state index contributed by atoms with van der Waals surface area (Å²) in [4.78, 5) is 5.69. The molecule has 0 bridgehead atoms. The van der Waals surface area contributed by atoms with Crippen LogP contribution in [0, 0.1) is 0 Å². The molecular formula is C7H12N2. The van der Waals surface area contributed by atoms with E-state index in [1.54, 1.807) is 18.6 Å². The van der Waals surface area contributed by atoms with Gasteiger partial charge in [-0.05, 0) is 13.1 Å². The molecule has 0 aliphatic carbocycles. The Morgan fingerprint density at radius 3 is 2.67 bits per heavy atom. The third-order valence-electron chi connectivity index (χ3n) is 0.825. The van der Waals surface area contributed by atoms with Gasteiger partial charge in [0.25, 0.3) is 0 Å². The first kappa shape index (κ1) is 7.95. The van der Waals surface area contributed by atoms with Crippen LogP contribution in [0.25, 0.3) is 0 Å². The zero-order valence-electron chi connectivity index (χ0n) is 5.91. The predicted octanol–water partition coefficient (Wildman–Crippen LogP) is 1.62. The van der Waals surface area contributed by atoms with E-state index in [4.69, 9.17) is 0 Å². The summed E-state index contributed by atoms with van der Waals surface area (Å²) in [6.45, 7) is 5.44. The van der Waals surface area contributed by atoms with E-state index < -0.39 is 0 Å². The third kappa shape index (κ3) is 4.81. The summed E-state index contributed by atoms with van der Waals surface area (Å²) in [6.07, 6.45) is 6.98. The third-order valence-corrected chi connectivity index (χ3v) is 0.825. The second-order valence-electron chi connectivity index (χ2n) is 1.55. The average molecular weight is 124 g/mol. The first-order valence-corrected chi connectivity index (χ1v) is 2.80. The smallest absolute Gasteiger partial charge is 0.0425 e. The van der Waals surface area contributed by atoms with Crippen LogP contribution >= 0.6 is 0 Å². The Hall–Kier alpha value is -1.05. The van der Waals surface area contributed by atoms with Gasteiger partial charge in [-0.15, -0.1) is 0 Å². The largest absolute Gasteiger partial charge is 0.356 e. The Bertz CT molecular complexity index is 125. The molecule has 0 radical (unpaired) electrons. The van der Waals surface area contributed by atoms with Gasteiger partial charge in [0.1, 0.15) is 0 Å². The van der Waals surface area contributed by atoms with Gasteiger partial charge >= 0.3 is 0 Å². The molecule has 0 atom stereocenters. The van der Waals surface area contributed by atoms with Gasteiger partial charge in [-0.1, -0.05) is 6.58 Å². The molecule has 0 unspecified atom stereocenters. The predicted molar refractivity (Wildman–Crippen MR) is 41.3 cm³/mol. The summed E-state index contributed by atoms with van der Waals surface area (Å²) in [6, 6.07) is 0. The fourth-order valence-electron chi connectivity index (χ4n) is 0.291. The molecule has 0 heterocycles. The second-order valence-corrected chi connectivity index (χ2v) is 1.55. The Balaban J connectivity index is 3.55. The van der Waals surface area contributed by atoms with Crippen LogP contribution in [0.1, 0.15) is 6.92 Å². The van der Waals surface area contributed by atoms with Crippen LogP contribution in [0.3, 0.4) is 0 Å². The monoisotopic (exact) mass is 124 g/mol. The van der Waals surface area contributed by atoms with Gasteiger partial charge in [-0.2, -0.15) is 0 Å². The molecule has 0 rings (SSSR count). The lowest BCUT2D eigenvalue weighted by Crippen LogP contribution is -1.97. The quantitative estimate of drug-likeness (QED) is 0.522. The van der Waals surface area contributed by atoms with Crippen molar-refractivity contribution in [2.24, 2.45) is 4.99 Å². The van der Waals surface area contributed by atoms with Gasteiger partial charge in [-0.3, -0.25) is 4.99 Å². The maximum absolute atomic E-state index is 3.86. The van der Waals surface area contributed by atoms with Crippen LogP contribution in [0.2, 0.25) is 0 Å². The van der Waals surface area contributed by atoms with E-state index in [0.29, 0.717) is 0 Å². The van der Waals surface area contributed by atoms with Crippen molar-refractivity contribution < 1.29 is 0 Å². The second kappa shape index (κ2) is 5.09. The molecular weight excluding hydrogens is 112 g/mol. The minimum atomic E-state index is 1.71. The SMILES string of the molecule is C=CN(C)/C=C\N=CC. The van der Waals surface area contributed by atoms with Crippen LogP contribution in [0.4, 0.5) is 0 Å². The first-order chi connectivity index (χ1) is 4.31. The highest BCUT2D eigenvalue weighted by Crippen LogP contribution is 1.82. The Morgan fingerprint density at radius 1 is 1.56 bits per heavy atom. The summed E-state index contributed by atoms with van der Waals surface area (Å²) in [5, 5.41) is 0. The van der Waals surface area contributed by atoms with Crippen molar-refractivity contribution >= 4 is 6.21 Å². The van der Waals surface area contributed by atoms with E-state index in [9.17, 15) is 0 Å². The van der Waals surface area contributed by atoms with Crippen molar-refractivity contribution in [2.45, 2.75) is 6.92 Å². The van der Waals surface area contributed by atoms with E-state index >= 15 is 0 Å². The molecule has 0 N–H and O–H groups in total. The van der Waals surface area contributed by atoms with E-state index in [-0.39, 0.29) is 0 Å². The normalized spacial score (nSPS) is 10.9. The van der Waals surface area contributed by atoms with Gasteiger partial charge in [0.15, 0.2) is 0 Å². The molecule has 0 spiro atoms. The van der Waals surface area contributed by atoms with Crippen molar-refractivity contribution in [2.75, 3.05) is 7.05 Å². The standard InChI is InChI=1S/C7H12N2/c1-4-8-6-7-9(3)5-2/h4-7H,2H2,1,3H3/b7-6-,8-4?. The summed E-state index contributed by atoms with van der Waals surface area (Å²) in [7, 11) is 1.90. The number of hydrogen-bond acceptors (Lipinski definition) is 2. The molecule has 2 heteroatoms. The van der Waals surface area contributed by atoms with Crippen molar-refractivity contribution in [3.8, 4) is 0 Å². The molecule has 0 saturated carbocycles. The highest BCUT2D eigenvalue weighted by atomic mass is 15.0. The fourth-order valence-corrected chi connectivity index (χ4v) is 0.291. The number of rotatable bonds is 3. The van der Waals surface area contributed by atoms with E-state index in [1.165, 1.54) is 0 Å². The lowest BCUT2D eigenvalue weighted by molar-refractivity contribution is 0.626. The van der Waals surface area contributed by atoms with Crippen molar-refractivity contribution in [1.82, 2.24) is 4.90 Å². The van der Waals surface area contributed by atoms with Crippen molar-refractivity contribution in [3.05, 3.63) is 25.2 Å². The van der Waals surface area contributed by atoms with E-state index in [2.05, 4.69) is 11.6 Å². The Labute approximate surface area is 56.2 Å². The minimum absolute atomic E-state index is 1.71. The van der Waals surface area contributed by atoms with Crippen molar-refractivity contribution in [1.29, 1.82) is 0 Å². The van der Waals surface area contributed by atoms with Crippen molar-refractivity contribution in [3.63, 3.8) is 0 Å². The molecule has 0 aliphatic heterocycles. The highest BCUT2D eigenvalue weighted by Gasteiger charge is 1.73. The molecule has 0 amide bonds. The van der Waals surface area contributed by atoms with Gasteiger partial charge in [-0.25, -0.2) is 0 Å². The molecule has 0 saturated heterocycles. The molecule has 0 aromatic carbocycles. The number of hydrogen-bond donors (Lipinski definition) is 0. The van der Waals surface area contributed by atoms with Crippen LogP contribution in [-0.2, 0) is 0 Å². The maximum Gasteiger partial charge on any atom is 0.0425 e. The zero-order valence-corrected chi connectivity index (χ0v) is 5.91. The van der Waals surface area contributed by atoms with E-state index in [1.807, 2.05) is 25.1 Å². The molecule has 9 heavy (non-hydrogen) atoms. The molecule has 0 aromatic rings. The molecule has 0 aliphatic rings. The Morgan fingerprint density at radius 2 is 2.22 bits per heavy atom. The molecule has 0 fully saturated rings. The van der Waals surface area contributed by atoms with Crippen LogP contribution < -0.4 is 0 Å². The summed E-state index contributed by atoms with van der Waals surface area (Å²) in [5.41, 5.74) is 0. The van der Waals surface area contributed by atoms with Gasteiger partial charge in [0, 0.05) is 25.7 Å². The van der Waals surface area contributed by atoms with Gasteiger partial charge in [0.05, 0.1) is 0 Å².